The lowest BCUT2D eigenvalue weighted by Gasteiger charge is -2.34. The average Bonchev–Trinajstić information content (AvgIpc) is 3.13. The number of carbonyl (C=O) groups excluding carboxylic acids is 1. The molecule has 7 nitrogen and oxygen atoms in total. The molecule has 1 aliphatic rings. The molecule has 1 aromatic rings. The van der Waals surface area contributed by atoms with Gasteiger partial charge in [0.15, 0.2) is 0 Å². The van der Waals surface area contributed by atoms with Crippen molar-refractivity contribution in [1.29, 1.82) is 0 Å². The summed E-state index contributed by atoms with van der Waals surface area (Å²) in [6, 6.07) is 0. The Bertz CT molecular complexity index is 540. The van der Waals surface area contributed by atoms with Crippen molar-refractivity contribution in [3.8, 4) is 0 Å². The zero-order valence-electron chi connectivity index (χ0n) is 17.4. The van der Waals surface area contributed by atoms with Crippen LogP contribution in [0.1, 0.15) is 51.6 Å². The lowest BCUT2D eigenvalue weighted by atomic mass is 9.99. The number of carbonyl (C=O) groups is 1. The van der Waals surface area contributed by atoms with Gasteiger partial charge >= 0.3 is 0 Å². The van der Waals surface area contributed by atoms with Gasteiger partial charge in [0.1, 0.15) is 5.78 Å². The van der Waals surface area contributed by atoms with Gasteiger partial charge in [-0.3, -0.25) is 19.3 Å². The average molecular weight is 380 g/mol. The van der Waals surface area contributed by atoms with E-state index in [9.17, 15) is 4.79 Å². The van der Waals surface area contributed by atoms with Crippen molar-refractivity contribution in [1.82, 2.24) is 24.8 Å². The Labute approximate surface area is 164 Å². The van der Waals surface area contributed by atoms with Gasteiger partial charge in [-0.2, -0.15) is 0 Å². The number of nitrogens with zero attached hydrogens (tertiary/aromatic N) is 5. The molecule has 154 valence electrons. The summed E-state index contributed by atoms with van der Waals surface area (Å²) in [6.45, 7) is 12.0. The fourth-order valence-corrected chi connectivity index (χ4v) is 3.36. The second-order valence-electron chi connectivity index (χ2n) is 7.67. The minimum Gasteiger partial charge on any atom is -0.383 e. The zero-order valence-corrected chi connectivity index (χ0v) is 17.4. The lowest BCUT2D eigenvalue weighted by Crippen LogP contribution is -2.46. The standard InChI is InChI=1S/C20H37N5O2/c1-4-18(2)20(26)8-6-5-7-9-25-17-19(21-22-25)16-24-12-10-23(11-13-24)14-15-27-3/h17-18H,4-16H2,1-3H3. The van der Waals surface area contributed by atoms with Gasteiger partial charge in [0, 0.05) is 71.5 Å². The molecule has 1 unspecified atom stereocenters. The van der Waals surface area contributed by atoms with Crippen LogP contribution in [0.2, 0.25) is 0 Å². The first kappa shape index (κ1) is 22.0. The number of hydrogen-bond donors (Lipinski definition) is 0. The van der Waals surface area contributed by atoms with E-state index in [-0.39, 0.29) is 5.92 Å². The number of unbranched alkanes of at least 4 members (excludes halogenated alkanes) is 2. The Morgan fingerprint density at radius 1 is 1.15 bits per heavy atom. The highest BCUT2D eigenvalue weighted by Crippen LogP contribution is 2.11. The molecule has 2 rings (SSSR count). The predicted molar refractivity (Wildman–Crippen MR) is 107 cm³/mol. The van der Waals surface area contributed by atoms with Crippen LogP contribution in [0, 0.1) is 5.92 Å². The molecule has 0 radical (unpaired) electrons. The highest BCUT2D eigenvalue weighted by molar-refractivity contribution is 5.80. The molecular formula is C20H37N5O2. The van der Waals surface area contributed by atoms with E-state index in [1.165, 1.54) is 0 Å². The molecule has 0 spiro atoms. The van der Waals surface area contributed by atoms with E-state index in [1.807, 2.05) is 11.6 Å². The number of ketones is 1. The Kier molecular flexibility index (Phi) is 9.94. The van der Waals surface area contributed by atoms with Gasteiger partial charge in [0.2, 0.25) is 0 Å². The van der Waals surface area contributed by atoms with E-state index >= 15 is 0 Å². The number of aromatic nitrogens is 3. The fourth-order valence-electron chi connectivity index (χ4n) is 3.36. The van der Waals surface area contributed by atoms with E-state index in [0.29, 0.717) is 12.2 Å². The van der Waals surface area contributed by atoms with Gasteiger partial charge in [-0.25, -0.2) is 0 Å². The van der Waals surface area contributed by atoms with Crippen molar-refractivity contribution in [2.75, 3.05) is 46.4 Å². The van der Waals surface area contributed by atoms with Gasteiger partial charge in [-0.05, 0) is 19.3 Å². The van der Waals surface area contributed by atoms with Crippen LogP contribution in [0.25, 0.3) is 0 Å². The summed E-state index contributed by atoms with van der Waals surface area (Å²) in [6.07, 6.45) is 6.84. The molecule has 27 heavy (non-hydrogen) atoms. The van der Waals surface area contributed by atoms with Crippen LogP contribution in [0.3, 0.4) is 0 Å². The zero-order chi connectivity index (χ0) is 19.5. The molecule has 2 heterocycles. The molecule has 0 saturated carbocycles. The first-order valence-electron chi connectivity index (χ1n) is 10.5. The summed E-state index contributed by atoms with van der Waals surface area (Å²) in [4.78, 5) is 16.7. The van der Waals surface area contributed by atoms with Crippen molar-refractivity contribution < 1.29 is 9.53 Å². The Hall–Kier alpha value is -1.31. The minimum absolute atomic E-state index is 0.213. The van der Waals surface area contributed by atoms with Crippen LogP contribution in [-0.2, 0) is 22.6 Å². The molecule has 1 saturated heterocycles. The summed E-state index contributed by atoms with van der Waals surface area (Å²) < 4.78 is 7.10. The van der Waals surface area contributed by atoms with Gasteiger partial charge < -0.3 is 4.74 Å². The molecule has 0 N–H and O–H groups in total. The third kappa shape index (κ3) is 8.07. The Morgan fingerprint density at radius 3 is 2.59 bits per heavy atom. The molecule has 7 heteroatoms. The highest BCUT2D eigenvalue weighted by Gasteiger charge is 2.17. The first-order chi connectivity index (χ1) is 13.1. The maximum Gasteiger partial charge on any atom is 0.135 e. The van der Waals surface area contributed by atoms with E-state index in [4.69, 9.17) is 4.74 Å². The summed E-state index contributed by atoms with van der Waals surface area (Å²) in [5.41, 5.74) is 1.05. The Balaban J connectivity index is 1.59. The molecule has 0 aliphatic carbocycles. The molecule has 1 atom stereocenters. The number of rotatable bonds is 13. The molecule has 0 amide bonds. The summed E-state index contributed by atoms with van der Waals surface area (Å²) in [7, 11) is 1.76. The SMILES string of the molecule is CCC(C)C(=O)CCCCCn1cc(CN2CCN(CCOC)CC2)nn1. The van der Waals surface area contributed by atoms with Crippen molar-refractivity contribution in [2.24, 2.45) is 5.92 Å². The van der Waals surface area contributed by atoms with E-state index < -0.39 is 0 Å². The highest BCUT2D eigenvalue weighted by atomic mass is 16.5. The molecule has 1 fully saturated rings. The van der Waals surface area contributed by atoms with Gasteiger partial charge in [0.25, 0.3) is 0 Å². The number of aryl methyl sites for hydroxylation is 1. The number of piperazine rings is 1. The second-order valence-corrected chi connectivity index (χ2v) is 7.67. The maximum absolute atomic E-state index is 11.8. The van der Waals surface area contributed by atoms with Gasteiger partial charge in [-0.1, -0.05) is 25.5 Å². The number of methoxy groups -OCH3 is 1. The fraction of sp³-hybridized carbons (Fsp3) is 0.850. The van der Waals surface area contributed by atoms with Crippen molar-refractivity contribution >= 4 is 5.78 Å². The topological polar surface area (TPSA) is 63.5 Å². The van der Waals surface area contributed by atoms with Crippen LogP contribution in [0.4, 0.5) is 0 Å². The molecule has 1 aliphatic heterocycles. The normalized spacial score (nSPS) is 17.3. The summed E-state index contributed by atoms with van der Waals surface area (Å²) >= 11 is 0. The summed E-state index contributed by atoms with van der Waals surface area (Å²) in [5, 5.41) is 8.58. The Morgan fingerprint density at radius 2 is 1.89 bits per heavy atom. The quantitative estimate of drug-likeness (QED) is 0.490. The third-order valence-electron chi connectivity index (χ3n) is 5.52. The number of Topliss-reactive ketones (excluding diaryl/α,β-unsaturated/α-hetero) is 1. The largest absolute Gasteiger partial charge is 0.383 e. The van der Waals surface area contributed by atoms with Crippen LogP contribution < -0.4 is 0 Å². The predicted octanol–water partition coefficient (Wildman–Crippen LogP) is 2.22. The van der Waals surface area contributed by atoms with Gasteiger partial charge in [-0.15, -0.1) is 5.10 Å². The van der Waals surface area contributed by atoms with E-state index in [2.05, 4.69) is 33.2 Å². The number of hydrogen-bond acceptors (Lipinski definition) is 6. The van der Waals surface area contributed by atoms with E-state index in [0.717, 1.165) is 83.8 Å². The summed E-state index contributed by atoms with van der Waals surface area (Å²) in [5.74, 6) is 0.618. The second kappa shape index (κ2) is 12.2. The van der Waals surface area contributed by atoms with Gasteiger partial charge in [0.05, 0.1) is 12.3 Å². The van der Waals surface area contributed by atoms with Crippen molar-refractivity contribution in [3.63, 3.8) is 0 Å². The van der Waals surface area contributed by atoms with Crippen molar-refractivity contribution in [3.05, 3.63) is 11.9 Å². The van der Waals surface area contributed by atoms with Crippen LogP contribution in [0.15, 0.2) is 6.20 Å². The third-order valence-corrected chi connectivity index (χ3v) is 5.52. The monoisotopic (exact) mass is 379 g/mol. The number of ether oxygens (including phenoxy) is 1. The van der Waals surface area contributed by atoms with E-state index in [1.54, 1.807) is 7.11 Å². The minimum atomic E-state index is 0.213. The first-order valence-corrected chi connectivity index (χ1v) is 10.5. The van der Waals surface area contributed by atoms with Crippen LogP contribution in [-0.4, -0.2) is 77.0 Å². The van der Waals surface area contributed by atoms with Crippen LogP contribution >= 0.6 is 0 Å². The molecule has 0 bridgehead atoms. The molecule has 1 aromatic heterocycles. The molecular weight excluding hydrogens is 342 g/mol. The lowest BCUT2D eigenvalue weighted by molar-refractivity contribution is -0.122. The smallest absolute Gasteiger partial charge is 0.135 e. The van der Waals surface area contributed by atoms with Crippen molar-refractivity contribution in [2.45, 2.75) is 59.0 Å². The maximum atomic E-state index is 11.8. The van der Waals surface area contributed by atoms with Crippen LogP contribution in [0.5, 0.6) is 0 Å². The molecule has 0 aromatic carbocycles.